The van der Waals surface area contributed by atoms with Gasteiger partial charge in [0.2, 0.25) is 11.9 Å². The molecule has 0 spiro atoms. The maximum Gasteiger partial charge on any atom is 0.231 e. The van der Waals surface area contributed by atoms with Gasteiger partial charge in [0.1, 0.15) is 11.5 Å². The molecule has 2 aromatic heterocycles. The third-order valence-electron chi connectivity index (χ3n) is 5.03. The number of benzene rings is 1. The molecule has 1 unspecified atom stereocenters. The van der Waals surface area contributed by atoms with Crippen LogP contribution >= 0.6 is 11.6 Å². The highest BCUT2D eigenvalue weighted by Crippen LogP contribution is 2.25. The molecule has 1 aliphatic heterocycles. The Morgan fingerprint density at radius 3 is 3.04 bits per heavy atom. The summed E-state index contributed by atoms with van der Waals surface area (Å²) in [7, 11) is 0. The monoisotopic (exact) mass is 398 g/mol. The third kappa shape index (κ3) is 4.04. The topological polar surface area (TPSA) is 85.9 Å². The smallest absolute Gasteiger partial charge is 0.231 e. The number of likely N-dealkylation sites (tertiary alicyclic amines) is 1. The fraction of sp³-hybridized carbons (Fsp3) is 0.350. The van der Waals surface area contributed by atoms with Gasteiger partial charge in [0.25, 0.3) is 0 Å². The van der Waals surface area contributed by atoms with E-state index in [2.05, 4.69) is 25.6 Å². The van der Waals surface area contributed by atoms with Gasteiger partial charge in [0, 0.05) is 43.0 Å². The number of H-pyrrole nitrogens is 1. The number of amides is 1. The Bertz CT molecular complexity index is 988. The predicted octanol–water partition coefficient (Wildman–Crippen LogP) is 4.17. The first-order chi connectivity index (χ1) is 13.6. The van der Waals surface area contributed by atoms with Gasteiger partial charge in [-0.25, -0.2) is 0 Å². The van der Waals surface area contributed by atoms with Gasteiger partial charge in [0.15, 0.2) is 0 Å². The van der Waals surface area contributed by atoms with E-state index < -0.39 is 0 Å². The number of rotatable bonds is 5. The first-order valence-electron chi connectivity index (χ1n) is 9.49. The molecule has 4 rings (SSSR count). The summed E-state index contributed by atoms with van der Waals surface area (Å²) in [6.07, 6.45) is 5.05. The van der Waals surface area contributed by atoms with Crippen molar-refractivity contribution < 1.29 is 4.79 Å². The summed E-state index contributed by atoms with van der Waals surface area (Å²) >= 11 is 6.06. The van der Waals surface area contributed by atoms with Crippen molar-refractivity contribution in [1.82, 2.24) is 19.9 Å². The standard InChI is InChI=1S/C20H23ClN6O/c1-13(28)27-10-3-2-7-16(27)12-23-19-17-8-9-22-18(17)25-20(26-19)24-15-6-4-5-14(21)11-15/h4-6,8-9,11,16H,2-3,7,10,12H2,1H3,(H3,22,23,24,25,26). The maximum atomic E-state index is 11.9. The van der Waals surface area contributed by atoms with Crippen molar-refractivity contribution in [2.24, 2.45) is 0 Å². The number of carbonyl (C=O) groups excluding carboxylic acids is 1. The van der Waals surface area contributed by atoms with Gasteiger partial charge in [-0.15, -0.1) is 0 Å². The van der Waals surface area contributed by atoms with Crippen LogP contribution in [0.2, 0.25) is 5.02 Å². The summed E-state index contributed by atoms with van der Waals surface area (Å²) in [5, 5.41) is 8.20. The van der Waals surface area contributed by atoms with E-state index in [1.807, 2.05) is 41.4 Å². The van der Waals surface area contributed by atoms with Crippen LogP contribution in [0.5, 0.6) is 0 Å². The van der Waals surface area contributed by atoms with Crippen molar-refractivity contribution in [1.29, 1.82) is 0 Å². The summed E-state index contributed by atoms with van der Waals surface area (Å²) in [6, 6.07) is 9.55. The number of hydrogen-bond donors (Lipinski definition) is 3. The molecule has 1 aromatic carbocycles. The Morgan fingerprint density at radius 2 is 2.21 bits per heavy atom. The van der Waals surface area contributed by atoms with Crippen LogP contribution in [0.1, 0.15) is 26.2 Å². The van der Waals surface area contributed by atoms with Crippen molar-refractivity contribution in [2.45, 2.75) is 32.2 Å². The second kappa shape index (κ2) is 8.06. The molecule has 146 valence electrons. The van der Waals surface area contributed by atoms with E-state index in [4.69, 9.17) is 11.6 Å². The Kier molecular flexibility index (Phi) is 5.34. The van der Waals surface area contributed by atoms with Crippen LogP contribution in [0, 0.1) is 0 Å². The Hall–Kier alpha value is -2.80. The fourth-order valence-corrected chi connectivity index (χ4v) is 3.86. The summed E-state index contributed by atoms with van der Waals surface area (Å²) in [6.45, 7) is 3.13. The van der Waals surface area contributed by atoms with Gasteiger partial charge < -0.3 is 20.5 Å². The molecule has 28 heavy (non-hydrogen) atoms. The van der Waals surface area contributed by atoms with Crippen LogP contribution in [0.25, 0.3) is 11.0 Å². The van der Waals surface area contributed by atoms with Crippen molar-refractivity contribution in [3.8, 4) is 0 Å². The van der Waals surface area contributed by atoms with Crippen molar-refractivity contribution in [3.63, 3.8) is 0 Å². The summed E-state index contributed by atoms with van der Waals surface area (Å²) in [5.41, 5.74) is 1.56. The minimum atomic E-state index is 0.129. The zero-order chi connectivity index (χ0) is 19.5. The molecule has 1 fully saturated rings. The lowest BCUT2D eigenvalue weighted by Crippen LogP contribution is -2.46. The quantitative estimate of drug-likeness (QED) is 0.600. The molecule has 0 radical (unpaired) electrons. The molecule has 0 saturated carbocycles. The molecule has 0 aliphatic carbocycles. The third-order valence-corrected chi connectivity index (χ3v) is 5.27. The maximum absolute atomic E-state index is 11.9. The molecular formula is C20H23ClN6O. The average molecular weight is 399 g/mol. The van der Waals surface area contributed by atoms with E-state index in [0.717, 1.165) is 48.3 Å². The second-order valence-electron chi connectivity index (χ2n) is 7.01. The number of halogens is 1. The van der Waals surface area contributed by atoms with Crippen molar-refractivity contribution in [3.05, 3.63) is 41.6 Å². The van der Waals surface area contributed by atoms with Gasteiger partial charge >= 0.3 is 0 Å². The van der Waals surface area contributed by atoms with Gasteiger partial charge in [-0.05, 0) is 43.5 Å². The van der Waals surface area contributed by atoms with Crippen LogP contribution in [-0.4, -0.2) is 44.9 Å². The minimum absolute atomic E-state index is 0.129. The number of hydrogen-bond acceptors (Lipinski definition) is 5. The Balaban J connectivity index is 1.56. The number of carbonyl (C=O) groups is 1. The van der Waals surface area contributed by atoms with Gasteiger partial charge in [-0.3, -0.25) is 4.79 Å². The van der Waals surface area contributed by atoms with Crippen LogP contribution in [0.3, 0.4) is 0 Å². The zero-order valence-electron chi connectivity index (χ0n) is 15.7. The fourth-order valence-electron chi connectivity index (χ4n) is 3.67. The highest BCUT2D eigenvalue weighted by atomic mass is 35.5. The van der Waals surface area contributed by atoms with Crippen LogP contribution < -0.4 is 10.6 Å². The lowest BCUT2D eigenvalue weighted by molar-refractivity contribution is -0.132. The van der Waals surface area contributed by atoms with Crippen LogP contribution in [0.4, 0.5) is 17.5 Å². The average Bonchev–Trinajstić information content (AvgIpc) is 3.15. The van der Waals surface area contributed by atoms with Crippen molar-refractivity contribution >= 4 is 46.0 Å². The highest BCUT2D eigenvalue weighted by molar-refractivity contribution is 6.30. The Morgan fingerprint density at radius 1 is 1.32 bits per heavy atom. The van der Waals surface area contributed by atoms with Crippen LogP contribution in [0.15, 0.2) is 36.5 Å². The highest BCUT2D eigenvalue weighted by Gasteiger charge is 2.24. The first kappa shape index (κ1) is 18.6. The molecule has 3 heterocycles. The summed E-state index contributed by atoms with van der Waals surface area (Å²) < 4.78 is 0. The van der Waals surface area contributed by atoms with Gasteiger partial charge in [0.05, 0.1) is 5.39 Å². The molecule has 8 heteroatoms. The number of anilines is 3. The number of piperidine rings is 1. The molecular weight excluding hydrogens is 376 g/mol. The Labute approximate surface area is 168 Å². The first-order valence-corrected chi connectivity index (χ1v) is 9.87. The number of nitrogens with one attached hydrogen (secondary N) is 3. The van der Waals surface area contributed by atoms with E-state index in [1.54, 1.807) is 6.92 Å². The number of fused-ring (bicyclic) bond motifs is 1. The summed E-state index contributed by atoms with van der Waals surface area (Å²) in [4.78, 5) is 26.2. The van der Waals surface area contributed by atoms with Crippen LogP contribution in [-0.2, 0) is 4.79 Å². The molecule has 7 nitrogen and oxygen atoms in total. The minimum Gasteiger partial charge on any atom is -0.367 e. The van der Waals surface area contributed by atoms with Gasteiger partial charge in [-0.2, -0.15) is 9.97 Å². The predicted molar refractivity (Wildman–Crippen MR) is 112 cm³/mol. The largest absolute Gasteiger partial charge is 0.367 e. The SMILES string of the molecule is CC(=O)N1CCCCC1CNc1nc(Nc2cccc(Cl)c2)nc2[nH]ccc12. The molecule has 1 saturated heterocycles. The molecule has 3 N–H and O–H groups in total. The van der Waals surface area contributed by atoms with E-state index in [-0.39, 0.29) is 11.9 Å². The number of aromatic amines is 1. The normalized spacial score (nSPS) is 16.9. The van der Waals surface area contributed by atoms with E-state index in [1.165, 1.54) is 0 Å². The van der Waals surface area contributed by atoms with E-state index >= 15 is 0 Å². The van der Waals surface area contributed by atoms with Crippen molar-refractivity contribution in [2.75, 3.05) is 23.7 Å². The van der Waals surface area contributed by atoms with E-state index in [9.17, 15) is 4.79 Å². The number of aromatic nitrogens is 3. The molecule has 1 aliphatic rings. The molecule has 1 amide bonds. The molecule has 1 atom stereocenters. The zero-order valence-corrected chi connectivity index (χ0v) is 16.5. The second-order valence-corrected chi connectivity index (χ2v) is 7.45. The summed E-state index contributed by atoms with van der Waals surface area (Å²) in [5.74, 6) is 1.35. The lowest BCUT2D eigenvalue weighted by atomic mass is 10.0. The van der Waals surface area contributed by atoms with Gasteiger partial charge in [-0.1, -0.05) is 17.7 Å². The number of nitrogens with zero attached hydrogens (tertiary/aromatic N) is 3. The lowest BCUT2D eigenvalue weighted by Gasteiger charge is -2.35. The molecule has 0 bridgehead atoms. The van der Waals surface area contributed by atoms with E-state index in [0.29, 0.717) is 17.5 Å². The molecule has 3 aromatic rings.